The Morgan fingerprint density at radius 1 is 1.29 bits per heavy atom. The first-order valence-corrected chi connectivity index (χ1v) is 3.41. The van der Waals surface area contributed by atoms with Crippen LogP contribution in [0.15, 0.2) is 12.3 Å². The summed E-state index contributed by atoms with van der Waals surface area (Å²) in [6.45, 7) is 0. The van der Waals surface area contributed by atoms with Gasteiger partial charge in [0.15, 0.2) is 0 Å². The van der Waals surface area contributed by atoms with Gasteiger partial charge in [-0.25, -0.2) is 4.98 Å². The van der Waals surface area contributed by atoms with Crippen LogP contribution in [0.25, 0.3) is 0 Å². The highest BCUT2D eigenvalue weighted by atomic mass is 19.4. The molecule has 1 aromatic heterocycles. The molecule has 1 heterocycles. The molecule has 0 saturated carbocycles. The van der Waals surface area contributed by atoms with Crippen LogP contribution in [0, 0.1) is 5.95 Å². The van der Waals surface area contributed by atoms with Crippen LogP contribution in [0.3, 0.4) is 0 Å². The van der Waals surface area contributed by atoms with Crippen LogP contribution in [0.2, 0.25) is 0 Å². The van der Waals surface area contributed by atoms with Crippen molar-refractivity contribution in [1.29, 1.82) is 0 Å². The number of rotatable bonds is 1. The molecular weight excluding hydrogens is 205 g/mol. The molecule has 0 fully saturated rings. The smallest absolute Gasteiger partial charge is 0.423 e. The van der Waals surface area contributed by atoms with Gasteiger partial charge in [0.1, 0.15) is 0 Å². The van der Waals surface area contributed by atoms with Crippen LogP contribution < -0.4 is 5.46 Å². The third-order valence-electron chi connectivity index (χ3n) is 1.51. The van der Waals surface area contributed by atoms with Crippen molar-refractivity contribution in [2.45, 2.75) is 6.18 Å². The van der Waals surface area contributed by atoms with Crippen molar-refractivity contribution >= 4 is 12.6 Å². The number of alkyl halides is 3. The lowest BCUT2D eigenvalue weighted by Crippen LogP contribution is -2.39. The van der Waals surface area contributed by atoms with E-state index in [9.17, 15) is 17.6 Å². The maximum absolute atomic E-state index is 12.7. The zero-order chi connectivity index (χ0) is 10.9. The first-order chi connectivity index (χ1) is 6.34. The minimum atomic E-state index is -4.84. The van der Waals surface area contributed by atoms with E-state index in [-0.39, 0.29) is 0 Å². The average Bonchev–Trinajstić information content (AvgIpc) is 2.01. The molecule has 14 heavy (non-hydrogen) atoms. The van der Waals surface area contributed by atoms with E-state index in [4.69, 9.17) is 10.0 Å². The van der Waals surface area contributed by atoms with Gasteiger partial charge in [-0.05, 0) is 6.07 Å². The molecule has 0 atom stereocenters. The van der Waals surface area contributed by atoms with Crippen LogP contribution >= 0.6 is 0 Å². The minimum absolute atomic E-state index is 0.470. The van der Waals surface area contributed by atoms with Crippen LogP contribution in [-0.4, -0.2) is 22.2 Å². The Labute approximate surface area is 76.2 Å². The monoisotopic (exact) mass is 209 g/mol. The highest BCUT2D eigenvalue weighted by molar-refractivity contribution is 6.59. The fourth-order valence-electron chi connectivity index (χ4n) is 0.940. The molecule has 1 rings (SSSR count). The quantitative estimate of drug-likeness (QED) is 0.386. The fourth-order valence-corrected chi connectivity index (χ4v) is 0.940. The molecule has 76 valence electrons. The van der Waals surface area contributed by atoms with Crippen molar-refractivity contribution in [3.05, 3.63) is 23.8 Å². The summed E-state index contributed by atoms with van der Waals surface area (Å²) in [6.07, 6.45) is -4.24. The lowest BCUT2D eigenvalue weighted by atomic mass is 9.77. The van der Waals surface area contributed by atoms with Crippen molar-refractivity contribution < 1.29 is 27.6 Å². The molecule has 2 N–H and O–H groups in total. The Hall–Kier alpha value is -1.15. The van der Waals surface area contributed by atoms with Gasteiger partial charge in [0.05, 0.1) is 5.56 Å². The number of hydrogen-bond donors (Lipinski definition) is 2. The average molecular weight is 209 g/mol. The maximum atomic E-state index is 12.7. The van der Waals surface area contributed by atoms with E-state index in [1.54, 1.807) is 0 Å². The van der Waals surface area contributed by atoms with Crippen LogP contribution in [0.5, 0.6) is 0 Å². The van der Waals surface area contributed by atoms with E-state index in [0.717, 1.165) is 0 Å². The number of pyridine rings is 1. The number of aromatic nitrogens is 1. The molecular formula is C6H4BF4NO2. The third-order valence-corrected chi connectivity index (χ3v) is 1.51. The molecule has 0 aliphatic heterocycles. The Bertz CT molecular complexity index is 341. The van der Waals surface area contributed by atoms with Gasteiger partial charge in [0, 0.05) is 11.7 Å². The second-order valence-corrected chi connectivity index (χ2v) is 2.43. The zero-order valence-corrected chi connectivity index (χ0v) is 6.59. The normalized spacial score (nSPS) is 11.6. The van der Waals surface area contributed by atoms with E-state index < -0.39 is 30.3 Å². The van der Waals surface area contributed by atoms with E-state index in [1.165, 1.54) is 0 Å². The summed E-state index contributed by atoms with van der Waals surface area (Å²) in [6, 6.07) is 0.470. The third kappa shape index (κ3) is 2.02. The van der Waals surface area contributed by atoms with Gasteiger partial charge in [-0.1, -0.05) is 0 Å². The summed E-state index contributed by atoms with van der Waals surface area (Å²) in [5.74, 6) is -1.55. The Morgan fingerprint density at radius 3 is 2.21 bits per heavy atom. The van der Waals surface area contributed by atoms with Crippen molar-refractivity contribution in [1.82, 2.24) is 4.98 Å². The molecule has 1 aromatic rings. The highest BCUT2D eigenvalue weighted by Crippen LogP contribution is 2.27. The Morgan fingerprint density at radius 2 is 1.86 bits per heavy atom. The van der Waals surface area contributed by atoms with Crippen molar-refractivity contribution in [2.24, 2.45) is 0 Å². The molecule has 8 heteroatoms. The molecule has 0 amide bonds. The van der Waals surface area contributed by atoms with Gasteiger partial charge in [0.2, 0.25) is 5.95 Å². The summed E-state index contributed by atoms with van der Waals surface area (Å²) in [4.78, 5) is 2.89. The summed E-state index contributed by atoms with van der Waals surface area (Å²) >= 11 is 0. The van der Waals surface area contributed by atoms with Crippen molar-refractivity contribution in [2.75, 3.05) is 0 Å². The number of nitrogens with zero attached hydrogens (tertiary/aromatic N) is 1. The minimum Gasteiger partial charge on any atom is -0.423 e. The van der Waals surface area contributed by atoms with Crippen molar-refractivity contribution in [3.8, 4) is 0 Å². The summed E-state index contributed by atoms with van der Waals surface area (Å²) in [5.41, 5.74) is -2.71. The SMILES string of the molecule is OB(O)c1c(C(F)(F)F)ccnc1F. The van der Waals surface area contributed by atoms with Gasteiger partial charge in [-0.3, -0.25) is 0 Å². The summed E-state index contributed by atoms with van der Waals surface area (Å²) in [5, 5.41) is 17.0. The first kappa shape index (κ1) is 10.9. The topological polar surface area (TPSA) is 53.4 Å². The lowest BCUT2D eigenvalue weighted by Gasteiger charge is -2.11. The van der Waals surface area contributed by atoms with E-state index in [0.29, 0.717) is 12.3 Å². The molecule has 0 aliphatic rings. The maximum Gasteiger partial charge on any atom is 0.493 e. The highest BCUT2D eigenvalue weighted by Gasteiger charge is 2.38. The van der Waals surface area contributed by atoms with Gasteiger partial charge in [-0.15, -0.1) is 0 Å². The lowest BCUT2D eigenvalue weighted by molar-refractivity contribution is -0.137. The van der Waals surface area contributed by atoms with E-state index in [1.807, 2.05) is 0 Å². The molecule has 0 unspecified atom stereocenters. The van der Waals surface area contributed by atoms with Crippen LogP contribution in [0.1, 0.15) is 5.56 Å². The van der Waals surface area contributed by atoms with Gasteiger partial charge in [0.25, 0.3) is 0 Å². The van der Waals surface area contributed by atoms with Gasteiger partial charge >= 0.3 is 13.3 Å². The van der Waals surface area contributed by atoms with E-state index in [2.05, 4.69) is 4.98 Å². The Balaban J connectivity index is 3.36. The predicted octanol–water partition coefficient (Wildman–Crippen LogP) is -0.0807. The second-order valence-electron chi connectivity index (χ2n) is 2.43. The molecule has 0 bridgehead atoms. The molecule has 0 saturated heterocycles. The first-order valence-electron chi connectivity index (χ1n) is 3.41. The predicted molar refractivity (Wildman–Crippen MR) is 39.0 cm³/mol. The number of halogens is 4. The molecule has 0 radical (unpaired) electrons. The second kappa shape index (κ2) is 3.54. The largest absolute Gasteiger partial charge is 0.493 e. The van der Waals surface area contributed by atoms with Crippen LogP contribution in [-0.2, 0) is 6.18 Å². The Kier molecular flexibility index (Phi) is 2.77. The van der Waals surface area contributed by atoms with Gasteiger partial charge in [-0.2, -0.15) is 17.6 Å². The van der Waals surface area contributed by atoms with Crippen LogP contribution in [0.4, 0.5) is 17.6 Å². The molecule has 0 aliphatic carbocycles. The zero-order valence-electron chi connectivity index (χ0n) is 6.59. The fraction of sp³-hybridized carbons (Fsp3) is 0.167. The van der Waals surface area contributed by atoms with E-state index >= 15 is 0 Å². The van der Waals surface area contributed by atoms with Gasteiger partial charge < -0.3 is 10.0 Å². The number of hydrogen-bond acceptors (Lipinski definition) is 3. The molecule has 0 aromatic carbocycles. The molecule has 0 spiro atoms. The van der Waals surface area contributed by atoms with Crippen molar-refractivity contribution in [3.63, 3.8) is 0 Å². The summed E-state index contributed by atoms with van der Waals surface area (Å²) < 4.78 is 49.2. The molecule has 3 nitrogen and oxygen atoms in total. The summed E-state index contributed by atoms with van der Waals surface area (Å²) in [7, 11) is -2.54. The standard InChI is InChI=1S/C6H4BF4NO2/c8-5-4(7(13)14)3(1-2-12-5)6(9,10)11/h1-2,13-14H.